The Bertz CT molecular complexity index is 1280. The Balaban J connectivity index is 1.19. The van der Waals surface area contributed by atoms with Crippen molar-refractivity contribution in [2.45, 2.75) is 50.2 Å². The zero-order valence-electron chi connectivity index (χ0n) is 20.8. The van der Waals surface area contributed by atoms with E-state index in [4.69, 9.17) is 4.74 Å². The van der Waals surface area contributed by atoms with E-state index in [2.05, 4.69) is 9.88 Å². The first-order valence-corrected chi connectivity index (χ1v) is 12.9. The average molecular weight is 511 g/mol. The van der Waals surface area contributed by atoms with Crippen molar-refractivity contribution in [3.63, 3.8) is 0 Å². The fraction of sp³-hybridized carbons (Fsp3) is 0.448. The molecule has 5 rings (SSSR count). The number of methoxy groups -OCH3 is 1. The van der Waals surface area contributed by atoms with Crippen molar-refractivity contribution in [3.8, 4) is 5.75 Å². The van der Waals surface area contributed by atoms with E-state index in [1.54, 1.807) is 19.4 Å². The number of carbonyl (C=O) groups is 1. The minimum atomic E-state index is -0.816. The summed E-state index contributed by atoms with van der Waals surface area (Å²) in [6.45, 7) is 1.23. The van der Waals surface area contributed by atoms with Gasteiger partial charge in [-0.15, -0.1) is 0 Å². The summed E-state index contributed by atoms with van der Waals surface area (Å²) in [7, 11) is 1.59. The lowest BCUT2D eigenvalue weighted by molar-refractivity contribution is -0.147. The highest BCUT2D eigenvalue weighted by Gasteiger charge is 2.41. The first-order chi connectivity index (χ1) is 17.8. The third kappa shape index (κ3) is 5.31. The average Bonchev–Trinajstić information content (AvgIpc) is 2.87. The van der Waals surface area contributed by atoms with Gasteiger partial charge in [0.15, 0.2) is 0 Å². The first-order valence-electron chi connectivity index (χ1n) is 12.9. The van der Waals surface area contributed by atoms with Gasteiger partial charge in [-0.1, -0.05) is 6.07 Å². The van der Waals surface area contributed by atoms with Crippen molar-refractivity contribution >= 4 is 16.9 Å². The molecule has 37 heavy (non-hydrogen) atoms. The van der Waals surface area contributed by atoms with E-state index in [9.17, 15) is 23.8 Å². The van der Waals surface area contributed by atoms with Crippen molar-refractivity contribution in [3.05, 3.63) is 71.4 Å². The molecule has 3 atom stereocenters. The predicted octanol–water partition coefficient (Wildman–Crippen LogP) is 5.30. The molecule has 2 fully saturated rings. The second-order valence-electron chi connectivity index (χ2n) is 10.4. The van der Waals surface area contributed by atoms with Crippen LogP contribution in [0.5, 0.6) is 5.75 Å². The van der Waals surface area contributed by atoms with Crippen molar-refractivity contribution < 1.29 is 28.5 Å². The number of aromatic nitrogens is 1. The van der Waals surface area contributed by atoms with Crippen LogP contribution in [0.25, 0.3) is 10.9 Å². The van der Waals surface area contributed by atoms with E-state index in [-0.39, 0.29) is 17.9 Å². The fourth-order valence-corrected chi connectivity index (χ4v) is 6.05. The number of hydrogen-bond acceptors (Lipinski definition) is 5. The lowest BCUT2D eigenvalue weighted by Crippen LogP contribution is -2.52. The number of rotatable bonds is 8. The lowest BCUT2D eigenvalue weighted by Gasteiger charge is -2.47. The van der Waals surface area contributed by atoms with Gasteiger partial charge in [0.2, 0.25) is 0 Å². The van der Waals surface area contributed by atoms with E-state index in [0.717, 1.165) is 48.3 Å². The van der Waals surface area contributed by atoms with Crippen molar-refractivity contribution in [2.75, 3.05) is 20.2 Å². The number of fused-ring (bicyclic) bond motifs is 1. The molecule has 3 aromatic rings. The quantitative estimate of drug-likeness (QED) is 0.428. The van der Waals surface area contributed by atoms with E-state index >= 15 is 0 Å². The molecule has 0 bridgehead atoms. The highest BCUT2D eigenvalue weighted by molar-refractivity contribution is 5.83. The Hall–Kier alpha value is -3.10. The summed E-state index contributed by atoms with van der Waals surface area (Å²) < 4.78 is 32.7. The van der Waals surface area contributed by atoms with E-state index in [1.165, 1.54) is 12.1 Å². The molecule has 1 aromatic heterocycles. The Labute approximate surface area is 214 Å². The zero-order valence-corrected chi connectivity index (χ0v) is 20.8. The molecule has 0 amide bonds. The number of aliphatic carboxylic acids is 1. The van der Waals surface area contributed by atoms with Crippen LogP contribution < -0.4 is 4.74 Å². The van der Waals surface area contributed by atoms with Crippen LogP contribution in [0.15, 0.2) is 48.7 Å². The topological polar surface area (TPSA) is 82.9 Å². The van der Waals surface area contributed by atoms with Crippen LogP contribution in [-0.4, -0.2) is 52.3 Å². The van der Waals surface area contributed by atoms with E-state index in [1.807, 2.05) is 18.2 Å². The Morgan fingerprint density at radius 2 is 2.00 bits per heavy atom. The predicted molar refractivity (Wildman–Crippen MR) is 135 cm³/mol. The summed E-state index contributed by atoms with van der Waals surface area (Å²) in [6, 6.07) is 11.3. The molecule has 0 spiro atoms. The fourth-order valence-electron chi connectivity index (χ4n) is 6.05. The van der Waals surface area contributed by atoms with Gasteiger partial charge in [0, 0.05) is 30.2 Å². The zero-order chi connectivity index (χ0) is 26.1. The van der Waals surface area contributed by atoms with Gasteiger partial charge in [-0.25, -0.2) is 8.78 Å². The highest BCUT2D eigenvalue weighted by Crippen LogP contribution is 2.43. The van der Waals surface area contributed by atoms with Gasteiger partial charge in [0.05, 0.1) is 24.6 Å². The SMILES string of the molecule is COc1ccc2nccc([C@@H](O)CC[C@@H]3CCN(C4CC(c5ccc(F)cc5F)C4)C[C@@H]3C(=O)O)c2c1. The molecule has 6 nitrogen and oxygen atoms in total. The maximum atomic E-state index is 14.1. The number of pyridine rings is 1. The van der Waals surface area contributed by atoms with Crippen molar-refractivity contribution in [1.82, 2.24) is 9.88 Å². The smallest absolute Gasteiger partial charge is 0.308 e. The summed E-state index contributed by atoms with van der Waals surface area (Å²) in [5.74, 6) is -1.73. The van der Waals surface area contributed by atoms with Gasteiger partial charge in [-0.05, 0) is 91.9 Å². The summed E-state index contributed by atoms with van der Waals surface area (Å²) in [5, 5.41) is 21.8. The number of carboxylic acids is 1. The first kappa shape index (κ1) is 25.5. The second kappa shape index (κ2) is 10.7. The lowest BCUT2D eigenvalue weighted by atomic mass is 9.73. The molecule has 1 aliphatic heterocycles. The third-order valence-corrected chi connectivity index (χ3v) is 8.29. The number of aliphatic hydroxyl groups excluding tert-OH is 1. The molecule has 0 unspecified atom stereocenters. The third-order valence-electron chi connectivity index (χ3n) is 8.29. The van der Waals surface area contributed by atoms with E-state index < -0.39 is 29.6 Å². The molecule has 2 N–H and O–H groups in total. The number of likely N-dealkylation sites (tertiary alicyclic amines) is 1. The Kier molecular flexibility index (Phi) is 7.40. The minimum absolute atomic E-state index is 0.0311. The number of ether oxygens (including phenoxy) is 1. The molecule has 1 saturated heterocycles. The van der Waals surface area contributed by atoms with Crippen LogP contribution in [0.3, 0.4) is 0 Å². The molecule has 2 heterocycles. The molecule has 1 saturated carbocycles. The number of piperidine rings is 1. The van der Waals surface area contributed by atoms with Crippen LogP contribution in [0, 0.1) is 23.5 Å². The number of aliphatic hydroxyl groups is 1. The number of carboxylic acid groups (broad SMARTS) is 1. The van der Waals surface area contributed by atoms with Gasteiger partial charge < -0.3 is 14.9 Å². The number of halogens is 2. The molecule has 8 heteroatoms. The summed E-state index contributed by atoms with van der Waals surface area (Å²) >= 11 is 0. The molecule has 196 valence electrons. The van der Waals surface area contributed by atoms with Crippen LogP contribution in [0.4, 0.5) is 8.78 Å². The normalized spacial score (nSPS) is 25.0. The van der Waals surface area contributed by atoms with Crippen molar-refractivity contribution in [2.24, 2.45) is 11.8 Å². The summed E-state index contributed by atoms with van der Waals surface area (Å²) in [4.78, 5) is 18.7. The monoisotopic (exact) mass is 510 g/mol. The summed E-state index contributed by atoms with van der Waals surface area (Å²) in [6.07, 6.45) is 4.24. The van der Waals surface area contributed by atoms with Gasteiger partial charge in [-0.3, -0.25) is 14.7 Å². The second-order valence-corrected chi connectivity index (χ2v) is 10.4. The van der Waals surface area contributed by atoms with Gasteiger partial charge in [-0.2, -0.15) is 0 Å². The maximum Gasteiger partial charge on any atom is 0.308 e. The van der Waals surface area contributed by atoms with E-state index in [0.29, 0.717) is 30.7 Å². The maximum absolute atomic E-state index is 14.1. The molecular weight excluding hydrogens is 478 g/mol. The largest absolute Gasteiger partial charge is 0.497 e. The Morgan fingerprint density at radius 1 is 1.19 bits per heavy atom. The molecule has 2 aromatic carbocycles. The molecule has 2 aliphatic rings. The van der Waals surface area contributed by atoms with Gasteiger partial charge >= 0.3 is 5.97 Å². The minimum Gasteiger partial charge on any atom is -0.497 e. The molecule has 1 aliphatic carbocycles. The Morgan fingerprint density at radius 3 is 2.73 bits per heavy atom. The van der Waals surface area contributed by atoms with Gasteiger partial charge in [0.1, 0.15) is 17.4 Å². The van der Waals surface area contributed by atoms with Crippen molar-refractivity contribution in [1.29, 1.82) is 0 Å². The standard InChI is InChI=1S/C29H32F2N2O4/c1-37-21-4-6-27-24(15-21)23(8-10-32-27)28(34)7-2-17-9-11-33(16-25(17)29(35)36)20-12-18(13-20)22-5-3-19(30)14-26(22)31/h3-6,8,10,14-15,17-18,20,25,28,34H,2,7,9,11-13,16H2,1H3,(H,35,36)/t17-,18?,20?,25+,28+/m1/s1. The molecular formula is C29H32F2N2O4. The highest BCUT2D eigenvalue weighted by atomic mass is 19.1. The van der Waals surface area contributed by atoms with Crippen LogP contribution >= 0.6 is 0 Å². The van der Waals surface area contributed by atoms with Crippen LogP contribution in [0.2, 0.25) is 0 Å². The number of nitrogens with zero attached hydrogens (tertiary/aromatic N) is 2. The van der Waals surface area contributed by atoms with Crippen LogP contribution in [0.1, 0.15) is 55.3 Å². The van der Waals surface area contributed by atoms with Gasteiger partial charge in [0.25, 0.3) is 0 Å². The number of hydrogen-bond donors (Lipinski definition) is 2. The number of benzene rings is 2. The summed E-state index contributed by atoms with van der Waals surface area (Å²) in [5.41, 5.74) is 2.08. The van der Waals surface area contributed by atoms with Crippen LogP contribution in [-0.2, 0) is 4.79 Å². The molecule has 0 radical (unpaired) electrons.